The number of rotatable bonds is 4. The van der Waals surface area contributed by atoms with Crippen molar-refractivity contribution in [2.75, 3.05) is 26.2 Å². The minimum absolute atomic E-state index is 0.0347. The highest BCUT2D eigenvalue weighted by molar-refractivity contribution is 4.94. The Morgan fingerprint density at radius 3 is 2.67 bits per heavy atom. The average Bonchev–Trinajstić information content (AvgIpc) is 2.57. The van der Waals surface area contributed by atoms with Crippen LogP contribution in [-0.4, -0.2) is 49.3 Å². The molecule has 84 valence electrons. The quantitative estimate of drug-likeness (QED) is 0.726. The van der Waals surface area contributed by atoms with Gasteiger partial charge in [0.15, 0.2) is 0 Å². The van der Waals surface area contributed by atoms with E-state index in [0.29, 0.717) is 12.2 Å². The maximum absolute atomic E-state index is 8.96. The summed E-state index contributed by atoms with van der Waals surface area (Å²) in [5.74, 6) is 0. The van der Waals surface area contributed by atoms with Crippen molar-refractivity contribution >= 4 is 0 Å². The number of nitriles is 1. The Hall–Kier alpha value is -0.630. The molecule has 4 heteroatoms. The molecule has 2 aliphatic heterocycles. The van der Waals surface area contributed by atoms with Gasteiger partial charge in [0.2, 0.25) is 0 Å². The van der Waals surface area contributed by atoms with E-state index in [2.05, 4.69) is 16.3 Å². The number of likely N-dealkylation sites (tertiary alicyclic amines) is 1. The van der Waals surface area contributed by atoms with Crippen LogP contribution in [0.3, 0.4) is 0 Å². The van der Waals surface area contributed by atoms with Crippen molar-refractivity contribution in [3.8, 4) is 6.07 Å². The van der Waals surface area contributed by atoms with E-state index in [1.54, 1.807) is 0 Å². The number of ether oxygens (including phenoxy) is 1. The molecule has 3 unspecified atom stereocenters. The fourth-order valence-corrected chi connectivity index (χ4v) is 2.50. The minimum Gasteiger partial charge on any atom is -0.372 e. The standard InChI is InChI=1S/C11H19N3O/c1-2-13-9(5-12)6-14-7-10-3-4-11(8-14)15-10/h9-11,13H,2-4,6-8H2,1H3. The second-order valence-corrected chi connectivity index (χ2v) is 4.42. The third kappa shape index (κ3) is 2.69. The van der Waals surface area contributed by atoms with Gasteiger partial charge in [0, 0.05) is 19.6 Å². The molecule has 2 heterocycles. The zero-order valence-corrected chi connectivity index (χ0v) is 9.28. The lowest BCUT2D eigenvalue weighted by molar-refractivity contribution is -0.0392. The van der Waals surface area contributed by atoms with Crippen LogP contribution in [0, 0.1) is 11.3 Å². The van der Waals surface area contributed by atoms with Gasteiger partial charge in [-0.15, -0.1) is 0 Å². The molecule has 0 aromatic carbocycles. The number of fused-ring (bicyclic) bond motifs is 2. The summed E-state index contributed by atoms with van der Waals surface area (Å²) < 4.78 is 5.76. The SMILES string of the molecule is CCNC(C#N)CN1CC2CCC(C1)O2. The predicted molar refractivity (Wildman–Crippen MR) is 57.4 cm³/mol. The topological polar surface area (TPSA) is 48.3 Å². The fourth-order valence-electron chi connectivity index (χ4n) is 2.50. The summed E-state index contributed by atoms with van der Waals surface area (Å²) in [7, 11) is 0. The third-order valence-corrected chi connectivity index (χ3v) is 3.17. The van der Waals surface area contributed by atoms with Gasteiger partial charge in [0.05, 0.1) is 18.3 Å². The summed E-state index contributed by atoms with van der Waals surface area (Å²) in [4.78, 5) is 2.36. The van der Waals surface area contributed by atoms with E-state index >= 15 is 0 Å². The summed E-state index contributed by atoms with van der Waals surface area (Å²) in [5.41, 5.74) is 0. The Labute approximate surface area is 91.2 Å². The van der Waals surface area contributed by atoms with Crippen molar-refractivity contribution in [3.63, 3.8) is 0 Å². The van der Waals surface area contributed by atoms with E-state index in [1.165, 1.54) is 12.8 Å². The van der Waals surface area contributed by atoms with Gasteiger partial charge in [-0.3, -0.25) is 4.90 Å². The van der Waals surface area contributed by atoms with Gasteiger partial charge in [-0.25, -0.2) is 0 Å². The monoisotopic (exact) mass is 209 g/mol. The minimum atomic E-state index is -0.0347. The molecule has 2 bridgehead atoms. The first-order valence-electron chi connectivity index (χ1n) is 5.82. The van der Waals surface area contributed by atoms with Crippen LogP contribution in [0.5, 0.6) is 0 Å². The molecule has 0 radical (unpaired) electrons. The molecule has 4 nitrogen and oxygen atoms in total. The maximum atomic E-state index is 8.96. The van der Waals surface area contributed by atoms with Gasteiger partial charge in [-0.2, -0.15) is 5.26 Å². The predicted octanol–water partition coefficient (Wildman–Crippen LogP) is 0.351. The van der Waals surface area contributed by atoms with E-state index < -0.39 is 0 Å². The summed E-state index contributed by atoms with van der Waals surface area (Å²) in [6.07, 6.45) is 3.23. The number of hydrogen-bond acceptors (Lipinski definition) is 4. The first kappa shape index (κ1) is 10.9. The lowest BCUT2D eigenvalue weighted by Gasteiger charge is -2.33. The van der Waals surface area contributed by atoms with Crippen LogP contribution >= 0.6 is 0 Å². The second kappa shape index (κ2) is 4.93. The van der Waals surface area contributed by atoms with Gasteiger partial charge >= 0.3 is 0 Å². The van der Waals surface area contributed by atoms with Gasteiger partial charge < -0.3 is 10.1 Å². The van der Waals surface area contributed by atoms with Crippen molar-refractivity contribution in [3.05, 3.63) is 0 Å². The van der Waals surface area contributed by atoms with Crippen molar-refractivity contribution < 1.29 is 4.74 Å². The highest BCUT2D eigenvalue weighted by atomic mass is 16.5. The van der Waals surface area contributed by atoms with Gasteiger partial charge in [-0.05, 0) is 19.4 Å². The third-order valence-electron chi connectivity index (χ3n) is 3.17. The zero-order valence-electron chi connectivity index (χ0n) is 9.28. The number of hydrogen-bond donors (Lipinski definition) is 1. The molecule has 2 saturated heterocycles. The van der Waals surface area contributed by atoms with Gasteiger partial charge in [0.1, 0.15) is 6.04 Å². The van der Waals surface area contributed by atoms with E-state index in [4.69, 9.17) is 10.00 Å². The molecule has 1 N–H and O–H groups in total. The van der Waals surface area contributed by atoms with E-state index in [0.717, 1.165) is 26.2 Å². The average molecular weight is 209 g/mol. The van der Waals surface area contributed by atoms with Gasteiger partial charge in [-0.1, -0.05) is 6.92 Å². The maximum Gasteiger partial charge on any atom is 0.108 e. The molecular formula is C11H19N3O. The highest BCUT2D eigenvalue weighted by Crippen LogP contribution is 2.25. The van der Waals surface area contributed by atoms with E-state index in [1.807, 2.05) is 6.92 Å². The van der Waals surface area contributed by atoms with Crippen molar-refractivity contribution in [2.45, 2.75) is 38.0 Å². The number of nitrogens with zero attached hydrogens (tertiary/aromatic N) is 2. The summed E-state index contributed by atoms with van der Waals surface area (Å²) in [6.45, 7) is 5.73. The van der Waals surface area contributed by atoms with Crippen molar-refractivity contribution in [1.82, 2.24) is 10.2 Å². The molecule has 15 heavy (non-hydrogen) atoms. The van der Waals surface area contributed by atoms with E-state index in [9.17, 15) is 0 Å². The first-order valence-corrected chi connectivity index (χ1v) is 5.82. The van der Waals surface area contributed by atoms with Crippen LogP contribution in [0.2, 0.25) is 0 Å². The Balaban J connectivity index is 1.82. The molecule has 2 fully saturated rings. The molecule has 3 atom stereocenters. The molecule has 0 aromatic rings. The van der Waals surface area contributed by atoms with Crippen molar-refractivity contribution in [2.24, 2.45) is 0 Å². The lowest BCUT2D eigenvalue weighted by Crippen LogP contribution is -2.48. The van der Waals surface area contributed by atoms with Crippen LogP contribution in [0.25, 0.3) is 0 Å². The van der Waals surface area contributed by atoms with Crippen LogP contribution in [0.1, 0.15) is 19.8 Å². The molecule has 0 aliphatic carbocycles. The summed E-state index contributed by atoms with van der Waals surface area (Å²) >= 11 is 0. The second-order valence-electron chi connectivity index (χ2n) is 4.42. The Bertz CT molecular complexity index is 239. The van der Waals surface area contributed by atoms with Gasteiger partial charge in [0.25, 0.3) is 0 Å². The molecule has 2 aliphatic rings. The molecule has 0 spiro atoms. The largest absolute Gasteiger partial charge is 0.372 e. The molecule has 0 aromatic heterocycles. The summed E-state index contributed by atoms with van der Waals surface area (Å²) in [5, 5.41) is 12.2. The Morgan fingerprint density at radius 1 is 1.47 bits per heavy atom. The zero-order chi connectivity index (χ0) is 10.7. The van der Waals surface area contributed by atoms with Crippen LogP contribution in [-0.2, 0) is 4.74 Å². The molecule has 0 saturated carbocycles. The Morgan fingerprint density at radius 2 is 2.13 bits per heavy atom. The number of likely N-dealkylation sites (N-methyl/N-ethyl adjacent to an activating group) is 1. The van der Waals surface area contributed by atoms with E-state index in [-0.39, 0.29) is 6.04 Å². The molecule has 2 rings (SSSR count). The van der Waals surface area contributed by atoms with Crippen molar-refractivity contribution in [1.29, 1.82) is 5.26 Å². The lowest BCUT2D eigenvalue weighted by atomic mass is 10.2. The highest BCUT2D eigenvalue weighted by Gasteiger charge is 2.34. The first-order chi connectivity index (χ1) is 7.31. The van der Waals surface area contributed by atoms with Crippen LogP contribution in [0.15, 0.2) is 0 Å². The number of morpholine rings is 1. The Kier molecular flexibility index (Phi) is 3.57. The van der Waals surface area contributed by atoms with Crippen LogP contribution < -0.4 is 5.32 Å². The normalized spacial score (nSPS) is 32.5. The number of nitrogens with one attached hydrogen (secondary N) is 1. The smallest absolute Gasteiger partial charge is 0.108 e. The molecule has 0 amide bonds. The summed E-state index contributed by atoms with van der Waals surface area (Å²) in [6, 6.07) is 2.27. The van der Waals surface area contributed by atoms with Crippen LogP contribution in [0.4, 0.5) is 0 Å². The molecular weight excluding hydrogens is 190 g/mol. The fraction of sp³-hybridized carbons (Fsp3) is 0.909.